The molecule has 1 aliphatic carbocycles. The van der Waals surface area contributed by atoms with Crippen molar-refractivity contribution in [2.24, 2.45) is 5.92 Å². The third-order valence-corrected chi connectivity index (χ3v) is 3.69. The first-order valence-corrected chi connectivity index (χ1v) is 6.66. The molecule has 1 heterocycles. The van der Waals surface area contributed by atoms with E-state index in [0.29, 0.717) is 0 Å². The maximum absolute atomic E-state index is 12.4. The summed E-state index contributed by atoms with van der Waals surface area (Å²) in [4.78, 5) is 16.4. The lowest BCUT2D eigenvalue weighted by atomic mass is 9.85. The SMILES string of the molecule is N#CC(C(=O)C1CCCCCC1)c1cccnc1. The van der Waals surface area contributed by atoms with Gasteiger partial charge < -0.3 is 0 Å². The van der Waals surface area contributed by atoms with Gasteiger partial charge in [0, 0.05) is 18.3 Å². The molecule has 0 spiro atoms. The summed E-state index contributed by atoms with van der Waals surface area (Å²) in [6, 6.07) is 5.74. The van der Waals surface area contributed by atoms with Gasteiger partial charge in [0.05, 0.1) is 6.07 Å². The molecule has 1 aliphatic rings. The molecule has 0 aromatic carbocycles. The molecule has 0 amide bonds. The highest BCUT2D eigenvalue weighted by molar-refractivity contribution is 5.90. The molecule has 94 valence electrons. The third-order valence-electron chi connectivity index (χ3n) is 3.69. The van der Waals surface area contributed by atoms with Gasteiger partial charge in [0.15, 0.2) is 5.78 Å². The fourth-order valence-electron chi connectivity index (χ4n) is 2.65. The summed E-state index contributed by atoms with van der Waals surface area (Å²) in [5.41, 5.74) is 0.731. The van der Waals surface area contributed by atoms with Crippen LogP contribution in [-0.4, -0.2) is 10.8 Å². The first-order chi connectivity index (χ1) is 8.83. The molecule has 0 radical (unpaired) electrons. The Hall–Kier alpha value is -1.69. The van der Waals surface area contributed by atoms with Crippen molar-refractivity contribution in [3.05, 3.63) is 30.1 Å². The van der Waals surface area contributed by atoms with Gasteiger partial charge in [0.1, 0.15) is 5.92 Å². The molecule has 3 heteroatoms. The zero-order chi connectivity index (χ0) is 12.8. The Morgan fingerprint density at radius 3 is 2.61 bits per heavy atom. The van der Waals surface area contributed by atoms with Gasteiger partial charge in [-0.2, -0.15) is 5.26 Å². The molecule has 0 saturated heterocycles. The number of nitrogens with zero attached hydrogens (tertiary/aromatic N) is 2. The summed E-state index contributed by atoms with van der Waals surface area (Å²) >= 11 is 0. The van der Waals surface area contributed by atoms with E-state index >= 15 is 0 Å². The molecule has 0 bridgehead atoms. The first kappa shape index (κ1) is 12.8. The van der Waals surface area contributed by atoms with Crippen LogP contribution >= 0.6 is 0 Å². The van der Waals surface area contributed by atoms with Crippen molar-refractivity contribution in [2.75, 3.05) is 0 Å². The molecule has 3 nitrogen and oxygen atoms in total. The minimum Gasteiger partial charge on any atom is -0.298 e. The fraction of sp³-hybridized carbons (Fsp3) is 0.533. The minimum absolute atomic E-state index is 0.0670. The standard InChI is InChI=1S/C15H18N2O/c16-10-14(13-8-5-9-17-11-13)15(18)12-6-3-1-2-4-7-12/h5,8-9,11-12,14H,1-4,6-7H2. The Balaban J connectivity index is 2.13. The molecule has 1 fully saturated rings. The summed E-state index contributed by atoms with van der Waals surface area (Å²) in [5, 5.41) is 9.25. The van der Waals surface area contributed by atoms with Crippen molar-refractivity contribution >= 4 is 5.78 Å². The van der Waals surface area contributed by atoms with Crippen molar-refractivity contribution in [1.29, 1.82) is 5.26 Å². The van der Waals surface area contributed by atoms with Crippen molar-refractivity contribution in [3.63, 3.8) is 0 Å². The molecule has 1 aromatic heterocycles. The number of hydrogen-bond acceptors (Lipinski definition) is 3. The van der Waals surface area contributed by atoms with Crippen LogP contribution in [0.3, 0.4) is 0 Å². The molecule has 1 aromatic rings. The van der Waals surface area contributed by atoms with Crippen LogP contribution in [0.25, 0.3) is 0 Å². The Morgan fingerprint density at radius 1 is 1.33 bits per heavy atom. The Morgan fingerprint density at radius 2 is 2.06 bits per heavy atom. The molecular weight excluding hydrogens is 224 g/mol. The molecule has 2 rings (SSSR count). The third kappa shape index (κ3) is 2.95. The van der Waals surface area contributed by atoms with E-state index in [0.717, 1.165) is 31.2 Å². The average Bonchev–Trinajstić information content (AvgIpc) is 2.69. The second-order valence-corrected chi connectivity index (χ2v) is 4.94. The highest BCUT2D eigenvalue weighted by atomic mass is 16.1. The van der Waals surface area contributed by atoms with E-state index in [2.05, 4.69) is 11.1 Å². The number of rotatable bonds is 3. The quantitative estimate of drug-likeness (QED) is 0.765. The highest BCUT2D eigenvalue weighted by Crippen LogP contribution is 2.29. The number of Topliss-reactive ketones (excluding diaryl/α,β-unsaturated/α-hetero) is 1. The van der Waals surface area contributed by atoms with E-state index in [1.54, 1.807) is 18.5 Å². The summed E-state index contributed by atoms with van der Waals surface area (Å²) in [5.74, 6) is -0.480. The molecular formula is C15H18N2O. The van der Waals surface area contributed by atoms with E-state index in [1.165, 1.54) is 12.8 Å². The largest absolute Gasteiger partial charge is 0.298 e. The molecule has 0 N–H and O–H groups in total. The van der Waals surface area contributed by atoms with Crippen molar-refractivity contribution < 1.29 is 4.79 Å². The molecule has 1 saturated carbocycles. The van der Waals surface area contributed by atoms with Crippen LogP contribution in [0, 0.1) is 17.2 Å². The Bertz CT molecular complexity index is 428. The van der Waals surface area contributed by atoms with Gasteiger partial charge in [-0.15, -0.1) is 0 Å². The number of pyridine rings is 1. The molecule has 18 heavy (non-hydrogen) atoms. The van der Waals surface area contributed by atoms with Gasteiger partial charge in [0.25, 0.3) is 0 Å². The minimum atomic E-state index is -0.637. The fourth-order valence-corrected chi connectivity index (χ4v) is 2.65. The molecule has 0 aliphatic heterocycles. The van der Waals surface area contributed by atoms with Crippen molar-refractivity contribution in [3.8, 4) is 6.07 Å². The second kappa shape index (κ2) is 6.30. The van der Waals surface area contributed by atoms with Crippen LogP contribution in [0.15, 0.2) is 24.5 Å². The van der Waals surface area contributed by atoms with E-state index in [9.17, 15) is 10.1 Å². The maximum atomic E-state index is 12.4. The lowest BCUT2D eigenvalue weighted by Gasteiger charge is -2.16. The van der Waals surface area contributed by atoms with E-state index in [4.69, 9.17) is 0 Å². The lowest BCUT2D eigenvalue weighted by Crippen LogP contribution is -2.21. The zero-order valence-corrected chi connectivity index (χ0v) is 10.5. The monoisotopic (exact) mass is 242 g/mol. The predicted octanol–water partition coefficient (Wildman–Crippen LogP) is 3.23. The summed E-state index contributed by atoms with van der Waals surface area (Å²) < 4.78 is 0. The van der Waals surface area contributed by atoms with Crippen LogP contribution in [0.5, 0.6) is 0 Å². The van der Waals surface area contributed by atoms with Gasteiger partial charge in [0.2, 0.25) is 0 Å². The smallest absolute Gasteiger partial charge is 0.157 e. The normalized spacial score (nSPS) is 18.6. The van der Waals surface area contributed by atoms with Crippen molar-refractivity contribution in [2.45, 2.75) is 44.4 Å². The zero-order valence-electron chi connectivity index (χ0n) is 10.5. The number of ketones is 1. The van der Waals surface area contributed by atoms with E-state index < -0.39 is 5.92 Å². The van der Waals surface area contributed by atoms with Crippen LogP contribution < -0.4 is 0 Å². The summed E-state index contributed by atoms with van der Waals surface area (Å²) in [6.07, 6.45) is 9.83. The number of carbonyl (C=O) groups excluding carboxylic acids is 1. The van der Waals surface area contributed by atoms with E-state index in [-0.39, 0.29) is 11.7 Å². The first-order valence-electron chi connectivity index (χ1n) is 6.66. The highest BCUT2D eigenvalue weighted by Gasteiger charge is 2.28. The molecule has 1 atom stereocenters. The lowest BCUT2D eigenvalue weighted by molar-refractivity contribution is -0.123. The summed E-state index contributed by atoms with van der Waals surface area (Å²) in [7, 11) is 0. The van der Waals surface area contributed by atoms with Gasteiger partial charge in [-0.25, -0.2) is 0 Å². The van der Waals surface area contributed by atoms with Gasteiger partial charge in [-0.05, 0) is 24.5 Å². The van der Waals surface area contributed by atoms with Crippen LogP contribution in [0.4, 0.5) is 0 Å². The molecule has 1 unspecified atom stereocenters. The summed E-state index contributed by atoms with van der Waals surface area (Å²) in [6.45, 7) is 0. The number of nitriles is 1. The van der Waals surface area contributed by atoms with Crippen molar-refractivity contribution in [1.82, 2.24) is 4.98 Å². The Labute approximate surface area is 108 Å². The van der Waals surface area contributed by atoms with Gasteiger partial charge >= 0.3 is 0 Å². The van der Waals surface area contributed by atoms with Crippen LogP contribution in [0.1, 0.15) is 50.0 Å². The second-order valence-electron chi connectivity index (χ2n) is 4.94. The van der Waals surface area contributed by atoms with Gasteiger partial charge in [-0.3, -0.25) is 9.78 Å². The predicted molar refractivity (Wildman–Crippen MR) is 68.8 cm³/mol. The topological polar surface area (TPSA) is 53.8 Å². The maximum Gasteiger partial charge on any atom is 0.157 e. The van der Waals surface area contributed by atoms with Gasteiger partial charge in [-0.1, -0.05) is 31.7 Å². The number of hydrogen-bond donors (Lipinski definition) is 0. The van der Waals surface area contributed by atoms with E-state index in [1.807, 2.05) is 6.07 Å². The van der Waals surface area contributed by atoms with Crippen LogP contribution in [-0.2, 0) is 4.79 Å². The number of aromatic nitrogens is 1. The average molecular weight is 242 g/mol. The number of carbonyl (C=O) groups is 1. The van der Waals surface area contributed by atoms with Crippen LogP contribution in [0.2, 0.25) is 0 Å². The Kier molecular flexibility index (Phi) is 4.46.